The molecule has 0 unspecified atom stereocenters. The van der Waals surface area contributed by atoms with Crippen molar-refractivity contribution in [3.63, 3.8) is 0 Å². The van der Waals surface area contributed by atoms with Gasteiger partial charge in [-0.25, -0.2) is 4.99 Å². The van der Waals surface area contributed by atoms with E-state index in [1.54, 1.807) is 0 Å². The van der Waals surface area contributed by atoms with Gasteiger partial charge in [-0.2, -0.15) is 0 Å². The zero-order valence-electron chi connectivity index (χ0n) is 15.3. The Hall–Kier alpha value is -0.790. The van der Waals surface area contributed by atoms with Crippen LogP contribution in [0.4, 0.5) is 0 Å². The van der Waals surface area contributed by atoms with E-state index >= 15 is 0 Å². The molecule has 1 N–H and O–H groups in total. The van der Waals surface area contributed by atoms with E-state index in [1.807, 2.05) is 0 Å². The van der Waals surface area contributed by atoms with Crippen molar-refractivity contribution in [1.82, 2.24) is 15.4 Å². The second-order valence-corrected chi connectivity index (χ2v) is 5.68. The molecule has 0 atom stereocenters. The van der Waals surface area contributed by atoms with Gasteiger partial charge in [-0.3, -0.25) is 0 Å². The highest BCUT2D eigenvalue weighted by atomic mass is 127. The lowest BCUT2D eigenvalue weighted by atomic mass is 9.99. The molecule has 1 aromatic heterocycles. The maximum atomic E-state index is 5.44. The van der Waals surface area contributed by atoms with E-state index in [0.717, 1.165) is 43.3 Å². The molecule has 0 aromatic carbocycles. The van der Waals surface area contributed by atoms with Gasteiger partial charge >= 0.3 is 0 Å². The molecular formula is C17H33IN4O. The molecule has 0 aliphatic rings. The molecule has 134 valence electrons. The number of hydrogen-bond acceptors (Lipinski definition) is 3. The lowest BCUT2D eigenvalue weighted by molar-refractivity contribution is 0.371. The first-order valence-corrected chi connectivity index (χ1v) is 8.61. The van der Waals surface area contributed by atoms with Crippen molar-refractivity contribution in [2.75, 3.05) is 20.1 Å². The van der Waals surface area contributed by atoms with E-state index < -0.39 is 0 Å². The van der Waals surface area contributed by atoms with Crippen molar-refractivity contribution < 1.29 is 4.52 Å². The smallest absolute Gasteiger partial charge is 0.194 e. The summed E-state index contributed by atoms with van der Waals surface area (Å²) in [7, 11) is 2.08. The Balaban J connectivity index is 0.00000484. The minimum Gasteiger partial charge on any atom is -0.359 e. The van der Waals surface area contributed by atoms with Gasteiger partial charge in [0.2, 0.25) is 0 Å². The topological polar surface area (TPSA) is 53.7 Å². The predicted octanol–water partition coefficient (Wildman–Crippen LogP) is 4.39. The predicted molar refractivity (Wildman–Crippen MR) is 108 cm³/mol. The Morgan fingerprint density at radius 2 is 2.00 bits per heavy atom. The van der Waals surface area contributed by atoms with Crippen molar-refractivity contribution in [2.45, 2.75) is 65.8 Å². The van der Waals surface area contributed by atoms with Crippen LogP contribution < -0.4 is 5.32 Å². The highest BCUT2D eigenvalue weighted by molar-refractivity contribution is 14.0. The number of unbranched alkanes of at least 4 members (excludes halogenated alkanes) is 1. The number of hydrogen-bond donors (Lipinski definition) is 1. The molecule has 0 fully saturated rings. The molecule has 5 nitrogen and oxygen atoms in total. The van der Waals surface area contributed by atoms with Gasteiger partial charge in [0.1, 0.15) is 6.54 Å². The lowest BCUT2D eigenvalue weighted by Crippen LogP contribution is -2.39. The largest absolute Gasteiger partial charge is 0.359 e. The summed E-state index contributed by atoms with van der Waals surface area (Å²) in [5.74, 6) is 2.25. The first-order valence-electron chi connectivity index (χ1n) is 8.61. The summed E-state index contributed by atoms with van der Waals surface area (Å²) in [6, 6.07) is 2.05. The number of aromatic nitrogens is 1. The van der Waals surface area contributed by atoms with Gasteiger partial charge in [0.25, 0.3) is 0 Å². The fourth-order valence-corrected chi connectivity index (χ4v) is 2.43. The third-order valence-electron chi connectivity index (χ3n) is 3.91. The minimum absolute atomic E-state index is 0. The Morgan fingerprint density at radius 3 is 2.57 bits per heavy atom. The van der Waals surface area contributed by atoms with Gasteiger partial charge in [0.05, 0.1) is 5.69 Å². The molecule has 1 aromatic rings. The summed E-state index contributed by atoms with van der Waals surface area (Å²) in [6.07, 6.45) is 4.54. The van der Waals surface area contributed by atoms with Gasteiger partial charge in [-0.1, -0.05) is 32.3 Å². The monoisotopic (exact) mass is 436 g/mol. The van der Waals surface area contributed by atoms with Crippen molar-refractivity contribution >= 4 is 29.9 Å². The van der Waals surface area contributed by atoms with Gasteiger partial charge < -0.3 is 14.7 Å². The maximum Gasteiger partial charge on any atom is 0.194 e. The zero-order chi connectivity index (χ0) is 16.4. The van der Waals surface area contributed by atoms with Crippen LogP contribution in [0, 0.1) is 0 Å². The molecule has 0 saturated heterocycles. The first-order chi connectivity index (χ1) is 10.7. The summed E-state index contributed by atoms with van der Waals surface area (Å²) in [5.41, 5.74) is 1.06. The summed E-state index contributed by atoms with van der Waals surface area (Å²) >= 11 is 0. The average molecular weight is 436 g/mol. The van der Waals surface area contributed by atoms with E-state index in [0.29, 0.717) is 12.5 Å². The Bertz CT molecular complexity index is 444. The summed E-state index contributed by atoms with van der Waals surface area (Å²) in [6.45, 7) is 11.1. The molecule has 0 amide bonds. The van der Waals surface area contributed by atoms with Crippen molar-refractivity contribution in [3.8, 4) is 0 Å². The molecule has 0 spiro atoms. The Labute approximate surface area is 158 Å². The van der Waals surface area contributed by atoms with Crippen molar-refractivity contribution in [3.05, 3.63) is 17.5 Å². The number of nitrogens with one attached hydrogen (secondary N) is 1. The molecular weight excluding hydrogens is 403 g/mol. The van der Waals surface area contributed by atoms with Crippen molar-refractivity contribution in [1.29, 1.82) is 0 Å². The van der Waals surface area contributed by atoms with Crippen molar-refractivity contribution in [2.24, 2.45) is 4.99 Å². The third kappa shape index (κ3) is 7.54. The molecule has 6 heteroatoms. The van der Waals surface area contributed by atoms with Gasteiger partial charge in [-0.15, -0.1) is 24.0 Å². The minimum atomic E-state index is 0. The quantitative estimate of drug-likeness (QED) is 0.354. The first kappa shape index (κ1) is 22.2. The molecule has 0 aliphatic heterocycles. The number of halogens is 1. The van der Waals surface area contributed by atoms with E-state index in [9.17, 15) is 0 Å². The molecule has 1 rings (SSSR count). The number of aliphatic imine (C=N–C) groups is 1. The van der Waals surface area contributed by atoms with Crippen LogP contribution in [-0.4, -0.2) is 36.2 Å². The summed E-state index contributed by atoms with van der Waals surface area (Å²) in [5, 5.41) is 7.53. The van der Waals surface area contributed by atoms with Crippen LogP contribution in [0.25, 0.3) is 0 Å². The lowest BCUT2D eigenvalue weighted by Gasteiger charge is -2.21. The highest BCUT2D eigenvalue weighted by Crippen LogP contribution is 2.22. The Kier molecular flexibility index (Phi) is 12.2. The van der Waals surface area contributed by atoms with E-state index in [1.165, 1.54) is 12.8 Å². The van der Waals surface area contributed by atoms with Crippen LogP contribution in [0.2, 0.25) is 0 Å². The highest BCUT2D eigenvalue weighted by Gasteiger charge is 2.13. The molecule has 23 heavy (non-hydrogen) atoms. The number of guanidine groups is 1. The number of nitrogens with zero attached hydrogens (tertiary/aromatic N) is 3. The maximum absolute atomic E-state index is 5.44. The van der Waals surface area contributed by atoms with E-state index in [2.05, 4.69) is 61.2 Å². The van der Waals surface area contributed by atoms with Gasteiger partial charge in [0, 0.05) is 32.1 Å². The molecule has 1 heterocycles. The standard InChI is InChI=1S/C17H32N4O.HI/c1-6-10-11-21(5)17(18-9-4)19-13-15-12-16(20-22-15)14(7-2)8-3;/h12,14H,6-11,13H2,1-5H3,(H,18,19);1H. The van der Waals surface area contributed by atoms with Crippen LogP contribution in [-0.2, 0) is 6.54 Å². The fourth-order valence-electron chi connectivity index (χ4n) is 2.43. The average Bonchev–Trinajstić information content (AvgIpc) is 2.99. The molecule has 0 saturated carbocycles. The summed E-state index contributed by atoms with van der Waals surface area (Å²) < 4.78 is 5.44. The summed E-state index contributed by atoms with van der Waals surface area (Å²) in [4.78, 5) is 6.83. The second-order valence-electron chi connectivity index (χ2n) is 5.68. The SMILES string of the molecule is CCCCN(C)C(=NCc1cc(C(CC)CC)no1)NCC.I. The van der Waals surface area contributed by atoms with Crippen LogP contribution in [0.5, 0.6) is 0 Å². The van der Waals surface area contributed by atoms with Gasteiger partial charge in [-0.05, 0) is 26.2 Å². The number of rotatable bonds is 9. The fraction of sp³-hybridized carbons (Fsp3) is 0.765. The Morgan fingerprint density at radius 1 is 1.30 bits per heavy atom. The second kappa shape index (κ2) is 12.6. The third-order valence-corrected chi connectivity index (χ3v) is 3.91. The van der Waals surface area contributed by atoms with Crippen LogP contribution >= 0.6 is 24.0 Å². The molecule has 0 aliphatic carbocycles. The molecule has 0 bridgehead atoms. The van der Waals surface area contributed by atoms with E-state index in [4.69, 9.17) is 4.52 Å². The van der Waals surface area contributed by atoms with Crippen LogP contribution in [0.1, 0.15) is 70.8 Å². The normalized spacial score (nSPS) is 11.5. The van der Waals surface area contributed by atoms with E-state index in [-0.39, 0.29) is 24.0 Å². The zero-order valence-corrected chi connectivity index (χ0v) is 17.6. The molecule has 0 radical (unpaired) electrons. The van der Waals surface area contributed by atoms with Gasteiger partial charge in [0.15, 0.2) is 11.7 Å². The van der Waals surface area contributed by atoms with Crippen LogP contribution in [0.15, 0.2) is 15.6 Å². The van der Waals surface area contributed by atoms with Crippen LogP contribution in [0.3, 0.4) is 0 Å².